The van der Waals surface area contributed by atoms with E-state index in [1.165, 1.54) is 21.3 Å². The van der Waals surface area contributed by atoms with E-state index in [1.807, 2.05) is 0 Å². The lowest BCUT2D eigenvalue weighted by Crippen LogP contribution is -2.42. The molecule has 3 aliphatic rings. The molecule has 0 aromatic heterocycles. The largest absolute Gasteiger partial charge is 0.497 e. The summed E-state index contributed by atoms with van der Waals surface area (Å²) in [5, 5.41) is 15.0. The standard InChI is InChI=1S/C35H38N2O11/c1-41-25-7-5-24(6-8-25)35(40)26(32(34(39)48-35)23-4-9-27-28(19-23)47-21-46-27)16-22-17-29(42-2)33(43-3)30(18-22)45-20-31(38)36-10-11-37-12-14-44-15-13-37/h4-9,17-19,40H,10-16,20-21H2,1-3H3,(H,36,38). The Morgan fingerprint density at radius 3 is 2.42 bits per heavy atom. The first-order chi connectivity index (χ1) is 23.3. The van der Waals surface area contributed by atoms with Gasteiger partial charge in [0.2, 0.25) is 12.5 Å². The maximum absolute atomic E-state index is 13.6. The maximum atomic E-state index is 13.6. The van der Waals surface area contributed by atoms with Gasteiger partial charge in [-0.15, -0.1) is 0 Å². The summed E-state index contributed by atoms with van der Waals surface area (Å²) in [5.74, 6) is -0.680. The Hall–Kier alpha value is -4.98. The number of benzene rings is 3. The molecule has 3 heterocycles. The van der Waals surface area contributed by atoms with Crippen molar-refractivity contribution in [1.82, 2.24) is 10.2 Å². The third-order valence-corrected chi connectivity index (χ3v) is 8.40. The molecule has 6 rings (SSSR count). The predicted octanol–water partition coefficient (Wildman–Crippen LogP) is 2.67. The average Bonchev–Trinajstić information content (AvgIpc) is 3.68. The fraction of sp³-hybridized carbons (Fsp3) is 0.371. The molecule has 3 aromatic carbocycles. The lowest BCUT2D eigenvalue weighted by atomic mass is 9.88. The minimum atomic E-state index is -2.12. The molecular weight excluding hydrogens is 624 g/mol. The van der Waals surface area contributed by atoms with Crippen LogP contribution in [-0.2, 0) is 31.3 Å². The number of carbonyl (C=O) groups excluding carboxylic acids is 2. The molecule has 0 bridgehead atoms. The van der Waals surface area contributed by atoms with E-state index in [2.05, 4.69) is 10.2 Å². The summed E-state index contributed by atoms with van der Waals surface area (Å²) >= 11 is 0. The van der Waals surface area contributed by atoms with Crippen LogP contribution in [-0.4, -0.2) is 96.0 Å². The molecule has 1 atom stereocenters. The fourth-order valence-corrected chi connectivity index (χ4v) is 5.91. The molecule has 1 unspecified atom stereocenters. The molecule has 1 amide bonds. The highest BCUT2D eigenvalue weighted by atomic mass is 16.7. The van der Waals surface area contributed by atoms with Crippen LogP contribution >= 0.6 is 0 Å². The Morgan fingerprint density at radius 2 is 1.69 bits per heavy atom. The van der Waals surface area contributed by atoms with Crippen molar-refractivity contribution in [3.63, 3.8) is 0 Å². The number of hydrogen-bond donors (Lipinski definition) is 2. The van der Waals surface area contributed by atoms with Gasteiger partial charge in [-0.25, -0.2) is 4.79 Å². The van der Waals surface area contributed by atoms with Gasteiger partial charge >= 0.3 is 5.97 Å². The Kier molecular flexibility index (Phi) is 9.90. The van der Waals surface area contributed by atoms with Crippen LogP contribution in [0.2, 0.25) is 0 Å². The molecule has 1 saturated heterocycles. The number of carbonyl (C=O) groups is 2. The number of ether oxygens (including phenoxy) is 8. The molecule has 3 aromatic rings. The molecule has 13 nitrogen and oxygen atoms in total. The van der Waals surface area contributed by atoms with Gasteiger partial charge in [0, 0.05) is 43.7 Å². The van der Waals surface area contributed by atoms with Gasteiger partial charge in [0.1, 0.15) is 5.75 Å². The Morgan fingerprint density at radius 1 is 0.938 bits per heavy atom. The maximum Gasteiger partial charge on any atom is 0.342 e. The smallest absolute Gasteiger partial charge is 0.342 e. The van der Waals surface area contributed by atoms with E-state index >= 15 is 0 Å². The molecule has 3 aliphatic heterocycles. The van der Waals surface area contributed by atoms with Gasteiger partial charge < -0.3 is 48.3 Å². The zero-order valence-electron chi connectivity index (χ0n) is 27.0. The molecule has 1 fully saturated rings. The summed E-state index contributed by atoms with van der Waals surface area (Å²) < 4.78 is 44.6. The van der Waals surface area contributed by atoms with E-state index in [0.717, 1.165) is 13.1 Å². The van der Waals surface area contributed by atoms with Gasteiger partial charge in [-0.05, 0) is 59.7 Å². The van der Waals surface area contributed by atoms with E-state index in [9.17, 15) is 14.7 Å². The summed E-state index contributed by atoms with van der Waals surface area (Å²) in [4.78, 5) is 28.5. The van der Waals surface area contributed by atoms with Crippen LogP contribution in [0.5, 0.6) is 34.5 Å². The van der Waals surface area contributed by atoms with Crippen LogP contribution < -0.4 is 33.7 Å². The molecule has 254 valence electrons. The van der Waals surface area contributed by atoms with E-state index in [-0.39, 0.29) is 48.4 Å². The lowest BCUT2D eigenvalue weighted by molar-refractivity contribution is -0.185. The van der Waals surface area contributed by atoms with Crippen LogP contribution in [0.15, 0.2) is 60.2 Å². The molecule has 0 saturated carbocycles. The average molecular weight is 663 g/mol. The summed E-state index contributed by atoms with van der Waals surface area (Å²) in [6, 6.07) is 15.1. The van der Waals surface area contributed by atoms with Crippen molar-refractivity contribution in [3.8, 4) is 34.5 Å². The first-order valence-corrected chi connectivity index (χ1v) is 15.5. The highest BCUT2D eigenvalue weighted by molar-refractivity contribution is 6.20. The SMILES string of the molecule is COc1ccc(C2(O)OC(=O)C(c3ccc4c(c3)OCO4)=C2Cc2cc(OC)c(OC)c(OCC(=O)NCCN3CCOCC3)c2)cc1. The van der Waals surface area contributed by atoms with Crippen molar-refractivity contribution in [1.29, 1.82) is 0 Å². The Labute approximate surface area is 277 Å². The Balaban J connectivity index is 1.31. The minimum absolute atomic E-state index is 0.0283. The molecule has 13 heteroatoms. The minimum Gasteiger partial charge on any atom is -0.497 e. The zero-order chi connectivity index (χ0) is 33.7. The number of hydrogen-bond acceptors (Lipinski definition) is 12. The highest BCUT2D eigenvalue weighted by Gasteiger charge is 2.48. The van der Waals surface area contributed by atoms with Crippen molar-refractivity contribution in [2.24, 2.45) is 0 Å². The van der Waals surface area contributed by atoms with E-state index < -0.39 is 11.8 Å². The number of methoxy groups -OCH3 is 3. The van der Waals surface area contributed by atoms with Gasteiger partial charge in [-0.3, -0.25) is 9.69 Å². The van der Waals surface area contributed by atoms with Crippen molar-refractivity contribution in [2.45, 2.75) is 12.2 Å². The second kappa shape index (κ2) is 14.4. The molecular formula is C35H38N2O11. The lowest BCUT2D eigenvalue weighted by Gasteiger charge is -2.26. The molecule has 48 heavy (non-hydrogen) atoms. The third-order valence-electron chi connectivity index (χ3n) is 8.40. The summed E-state index contributed by atoms with van der Waals surface area (Å²) in [5.41, 5.74) is 1.84. The van der Waals surface area contributed by atoms with Crippen LogP contribution in [0.1, 0.15) is 16.7 Å². The summed E-state index contributed by atoms with van der Waals surface area (Å²) in [7, 11) is 4.49. The van der Waals surface area contributed by atoms with Crippen molar-refractivity contribution in [3.05, 3.63) is 76.9 Å². The van der Waals surface area contributed by atoms with Crippen molar-refractivity contribution >= 4 is 17.4 Å². The van der Waals surface area contributed by atoms with E-state index in [4.69, 9.17) is 37.9 Å². The summed E-state index contributed by atoms with van der Waals surface area (Å²) in [6.07, 6.45) is 0.0283. The number of esters is 1. The number of amides is 1. The molecule has 0 radical (unpaired) electrons. The number of nitrogens with one attached hydrogen (secondary N) is 1. The Bertz CT molecular complexity index is 1680. The van der Waals surface area contributed by atoms with E-state index in [0.29, 0.717) is 66.0 Å². The number of nitrogens with zero attached hydrogens (tertiary/aromatic N) is 1. The topological polar surface area (TPSA) is 143 Å². The quantitative estimate of drug-likeness (QED) is 0.260. The summed E-state index contributed by atoms with van der Waals surface area (Å²) in [6.45, 7) is 3.99. The highest BCUT2D eigenvalue weighted by Crippen LogP contribution is 2.48. The van der Waals surface area contributed by atoms with Crippen LogP contribution in [0.25, 0.3) is 5.57 Å². The molecule has 2 N–H and O–H groups in total. The number of rotatable bonds is 13. The van der Waals surface area contributed by atoms with Crippen molar-refractivity contribution in [2.75, 3.05) is 74.1 Å². The van der Waals surface area contributed by atoms with Crippen LogP contribution in [0.4, 0.5) is 0 Å². The molecule has 0 aliphatic carbocycles. The monoisotopic (exact) mass is 662 g/mol. The number of aliphatic hydroxyl groups is 1. The fourth-order valence-electron chi connectivity index (χ4n) is 5.91. The second-order valence-corrected chi connectivity index (χ2v) is 11.3. The third kappa shape index (κ3) is 6.84. The van der Waals surface area contributed by atoms with Gasteiger partial charge in [-0.1, -0.05) is 6.07 Å². The van der Waals surface area contributed by atoms with Gasteiger partial charge in [-0.2, -0.15) is 0 Å². The first kappa shape index (κ1) is 32.9. The van der Waals surface area contributed by atoms with Gasteiger partial charge in [0.15, 0.2) is 29.6 Å². The second-order valence-electron chi connectivity index (χ2n) is 11.3. The van der Waals surface area contributed by atoms with Gasteiger partial charge in [0.25, 0.3) is 11.7 Å². The van der Waals surface area contributed by atoms with Gasteiger partial charge in [0.05, 0.1) is 40.1 Å². The first-order valence-electron chi connectivity index (χ1n) is 15.5. The van der Waals surface area contributed by atoms with Crippen LogP contribution in [0, 0.1) is 0 Å². The molecule has 0 spiro atoms. The zero-order valence-corrected chi connectivity index (χ0v) is 27.0. The number of cyclic esters (lactones) is 1. The normalized spacial score (nSPS) is 18.8. The number of fused-ring (bicyclic) bond motifs is 1. The van der Waals surface area contributed by atoms with Crippen molar-refractivity contribution < 1.29 is 52.6 Å². The van der Waals surface area contributed by atoms with Crippen LogP contribution in [0.3, 0.4) is 0 Å². The van der Waals surface area contributed by atoms with E-state index in [1.54, 1.807) is 54.6 Å². The number of morpholine rings is 1. The predicted molar refractivity (Wildman–Crippen MR) is 171 cm³/mol.